The van der Waals surface area contributed by atoms with Crippen LogP contribution >= 0.6 is 0 Å². The van der Waals surface area contributed by atoms with Gasteiger partial charge in [0, 0.05) is 18.3 Å². The molecule has 28 heavy (non-hydrogen) atoms. The van der Waals surface area contributed by atoms with Crippen LogP contribution in [0.1, 0.15) is 11.4 Å². The van der Waals surface area contributed by atoms with Crippen molar-refractivity contribution in [2.75, 3.05) is 13.7 Å². The summed E-state index contributed by atoms with van der Waals surface area (Å²) in [7, 11) is 1.65. The van der Waals surface area contributed by atoms with Crippen molar-refractivity contribution in [1.29, 1.82) is 0 Å². The van der Waals surface area contributed by atoms with E-state index in [-0.39, 0.29) is 12.0 Å². The molecule has 144 valence electrons. The van der Waals surface area contributed by atoms with Crippen molar-refractivity contribution in [3.05, 3.63) is 72.2 Å². The normalized spacial score (nSPS) is 15.7. The molecule has 0 spiro atoms. The van der Waals surface area contributed by atoms with E-state index in [2.05, 4.69) is 14.9 Å². The number of fused-ring (bicyclic) bond motifs is 1. The largest absolute Gasteiger partial charge is 0.497 e. The number of hydrogen-bond acceptors (Lipinski definition) is 4. The van der Waals surface area contributed by atoms with E-state index in [9.17, 15) is 4.79 Å². The molecule has 1 N–H and O–H groups in total. The predicted molar refractivity (Wildman–Crippen MR) is 106 cm³/mol. The molecule has 0 saturated heterocycles. The minimum absolute atomic E-state index is 0.00477. The summed E-state index contributed by atoms with van der Waals surface area (Å²) in [5.74, 6) is 1.73. The van der Waals surface area contributed by atoms with Gasteiger partial charge in [-0.25, -0.2) is 4.98 Å². The molecular formula is C22H23N3O3. The van der Waals surface area contributed by atoms with Crippen molar-refractivity contribution in [2.45, 2.75) is 25.7 Å². The molecule has 1 unspecified atom stereocenters. The Balaban J connectivity index is 1.34. The quantitative estimate of drug-likeness (QED) is 0.717. The molecule has 3 aromatic rings. The zero-order valence-electron chi connectivity index (χ0n) is 15.8. The van der Waals surface area contributed by atoms with Gasteiger partial charge in [0.1, 0.15) is 18.2 Å². The van der Waals surface area contributed by atoms with Crippen LogP contribution in [0, 0.1) is 0 Å². The smallest absolute Gasteiger partial charge is 0.224 e. The van der Waals surface area contributed by atoms with Gasteiger partial charge >= 0.3 is 0 Å². The average Bonchev–Trinajstić information content (AvgIpc) is 3.16. The molecule has 0 bridgehead atoms. The fraction of sp³-hybridized carbons (Fsp3) is 0.273. The molecule has 6 nitrogen and oxygen atoms in total. The van der Waals surface area contributed by atoms with Crippen molar-refractivity contribution in [2.24, 2.45) is 0 Å². The van der Waals surface area contributed by atoms with E-state index in [4.69, 9.17) is 9.47 Å². The van der Waals surface area contributed by atoms with Gasteiger partial charge in [0.15, 0.2) is 0 Å². The highest BCUT2D eigenvalue weighted by Gasteiger charge is 2.21. The van der Waals surface area contributed by atoms with Crippen molar-refractivity contribution in [3.63, 3.8) is 0 Å². The minimum atomic E-state index is -0.0647. The minimum Gasteiger partial charge on any atom is -0.497 e. The lowest BCUT2D eigenvalue weighted by Gasteiger charge is -2.24. The molecule has 2 aromatic carbocycles. The third-order valence-electron chi connectivity index (χ3n) is 4.83. The van der Waals surface area contributed by atoms with E-state index >= 15 is 0 Å². The summed E-state index contributed by atoms with van der Waals surface area (Å²) >= 11 is 0. The molecule has 0 radical (unpaired) electrons. The molecule has 2 heterocycles. The highest BCUT2D eigenvalue weighted by atomic mass is 16.5. The molecule has 0 aliphatic carbocycles. The lowest BCUT2D eigenvalue weighted by atomic mass is 10.1. The zero-order chi connectivity index (χ0) is 19.3. The summed E-state index contributed by atoms with van der Waals surface area (Å²) in [6.07, 6.45) is 2.36. The van der Waals surface area contributed by atoms with Crippen LogP contribution in [0.4, 0.5) is 0 Å². The van der Waals surface area contributed by atoms with Gasteiger partial charge in [-0.2, -0.15) is 0 Å². The van der Waals surface area contributed by atoms with E-state index in [1.54, 1.807) is 7.11 Å². The molecule has 1 aliphatic rings. The second-order valence-corrected chi connectivity index (χ2v) is 6.82. The van der Waals surface area contributed by atoms with Crippen LogP contribution in [-0.4, -0.2) is 35.2 Å². The maximum absolute atomic E-state index is 12.1. The number of nitrogens with zero attached hydrogens (tertiary/aromatic N) is 2. The first kappa shape index (κ1) is 18.3. The van der Waals surface area contributed by atoms with Crippen molar-refractivity contribution in [1.82, 2.24) is 14.9 Å². The van der Waals surface area contributed by atoms with Crippen LogP contribution in [0.5, 0.6) is 5.75 Å². The number of rotatable bonds is 6. The van der Waals surface area contributed by atoms with Gasteiger partial charge in [0.25, 0.3) is 0 Å². The summed E-state index contributed by atoms with van der Waals surface area (Å²) in [6.45, 7) is 1.60. The van der Waals surface area contributed by atoms with Crippen LogP contribution in [0.15, 0.2) is 60.8 Å². The maximum atomic E-state index is 12.1. The maximum Gasteiger partial charge on any atom is 0.224 e. The lowest BCUT2D eigenvalue weighted by Crippen LogP contribution is -2.39. The van der Waals surface area contributed by atoms with Gasteiger partial charge in [-0.05, 0) is 29.8 Å². The van der Waals surface area contributed by atoms with Crippen LogP contribution in [0.2, 0.25) is 0 Å². The van der Waals surface area contributed by atoms with E-state index in [1.807, 2.05) is 60.8 Å². The molecule has 0 saturated carbocycles. The SMILES string of the molecule is COc1ccc(-c2cn3c(n2)COC(CNC(=O)Cc2ccccc2)C3)cc1. The number of carbonyl (C=O) groups is 1. The number of ether oxygens (including phenoxy) is 2. The Bertz CT molecular complexity index is 935. The highest BCUT2D eigenvalue weighted by Crippen LogP contribution is 2.24. The third kappa shape index (κ3) is 4.23. The van der Waals surface area contributed by atoms with E-state index in [0.717, 1.165) is 28.4 Å². The number of aromatic nitrogens is 2. The molecule has 0 fully saturated rings. The van der Waals surface area contributed by atoms with Crippen LogP contribution in [-0.2, 0) is 29.1 Å². The van der Waals surface area contributed by atoms with Crippen LogP contribution < -0.4 is 10.1 Å². The molecular weight excluding hydrogens is 354 g/mol. The monoisotopic (exact) mass is 377 g/mol. The topological polar surface area (TPSA) is 65.4 Å². The summed E-state index contributed by atoms with van der Waals surface area (Å²) in [4.78, 5) is 16.8. The zero-order valence-corrected chi connectivity index (χ0v) is 15.8. The first-order valence-corrected chi connectivity index (χ1v) is 9.34. The summed E-state index contributed by atoms with van der Waals surface area (Å²) in [5.41, 5.74) is 2.95. The first-order chi connectivity index (χ1) is 13.7. The molecule has 6 heteroatoms. The van der Waals surface area contributed by atoms with Crippen LogP contribution in [0.3, 0.4) is 0 Å². The van der Waals surface area contributed by atoms with Gasteiger partial charge in [-0.3, -0.25) is 4.79 Å². The Labute approximate surface area is 164 Å². The lowest BCUT2D eigenvalue weighted by molar-refractivity contribution is -0.121. The standard InChI is InChI=1S/C22H23N3O3/c1-27-18-9-7-17(8-10-18)20-14-25-13-19(28-15-21(25)24-20)12-23-22(26)11-16-5-3-2-4-6-16/h2-10,14,19H,11-13,15H2,1H3,(H,23,26). The Hall–Kier alpha value is -3.12. The highest BCUT2D eigenvalue weighted by molar-refractivity contribution is 5.78. The number of benzene rings is 2. The van der Waals surface area contributed by atoms with Crippen LogP contribution in [0.25, 0.3) is 11.3 Å². The molecule has 1 atom stereocenters. The van der Waals surface area contributed by atoms with Gasteiger partial charge in [0.05, 0.1) is 31.9 Å². The second kappa shape index (κ2) is 8.27. The summed E-state index contributed by atoms with van der Waals surface area (Å²) < 4.78 is 13.2. The average molecular weight is 377 g/mol. The van der Waals surface area contributed by atoms with Gasteiger partial charge in [-0.1, -0.05) is 30.3 Å². The Kier molecular flexibility index (Phi) is 5.39. The Morgan fingerprint density at radius 1 is 1.21 bits per heavy atom. The Morgan fingerprint density at radius 2 is 2.00 bits per heavy atom. The van der Waals surface area contributed by atoms with Crippen molar-refractivity contribution >= 4 is 5.91 Å². The van der Waals surface area contributed by atoms with E-state index in [1.165, 1.54) is 0 Å². The predicted octanol–water partition coefficient (Wildman–Crippen LogP) is 2.82. The summed E-state index contributed by atoms with van der Waals surface area (Å²) in [5, 5.41) is 2.97. The Morgan fingerprint density at radius 3 is 2.75 bits per heavy atom. The van der Waals surface area contributed by atoms with Crippen molar-refractivity contribution < 1.29 is 14.3 Å². The van der Waals surface area contributed by atoms with Crippen molar-refractivity contribution in [3.8, 4) is 17.0 Å². The van der Waals surface area contributed by atoms with E-state index < -0.39 is 0 Å². The number of amides is 1. The van der Waals surface area contributed by atoms with Gasteiger partial charge in [0.2, 0.25) is 5.91 Å². The van der Waals surface area contributed by atoms with Gasteiger partial charge in [-0.15, -0.1) is 0 Å². The number of hydrogen-bond donors (Lipinski definition) is 1. The number of carbonyl (C=O) groups excluding carboxylic acids is 1. The molecule has 4 rings (SSSR count). The first-order valence-electron chi connectivity index (χ1n) is 9.34. The van der Waals surface area contributed by atoms with Gasteiger partial charge < -0.3 is 19.4 Å². The van der Waals surface area contributed by atoms with E-state index in [0.29, 0.717) is 26.1 Å². The number of nitrogens with one attached hydrogen (secondary N) is 1. The number of methoxy groups -OCH3 is 1. The third-order valence-corrected chi connectivity index (χ3v) is 4.83. The summed E-state index contributed by atoms with van der Waals surface area (Å²) in [6, 6.07) is 17.6. The molecule has 1 aromatic heterocycles. The number of imidazole rings is 1. The molecule has 1 amide bonds. The fourth-order valence-electron chi connectivity index (χ4n) is 3.29. The molecule has 1 aliphatic heterocycles. The second-order valence-electron chi connectivity index (χ2n) is 6.82. The fourth-order valence-corrected chi connectivity index (χ4v) is 3.29.